The molecule has 0 saturated carbocycles. The fourth-order valence-corrected chi connectivity index (χ4v) is 9.40. The average Bonchev–Trinajstić information content (AvgIpc) is 0.746. The minimum atomic E-state index is -6.15. The molecule has 8 rings (SSSR count). The van der Waals surface area contributed by atoms with Gasteiger partial charge in [0, 0.05) is 11.0 Å². The number of benzene rings is 6. The molecular formula is C48H18B6F36O6. The molecule has 0 spiro atoms. The molecule has 0 bridgehead atoms. The molecule has 0 atom stereocenters. The van der Waals surface area contributed by atoms with Gasteiger partial charge in [-0.25, -0.2) is 52.7 Å². The van der Waals surface area contributed by atoms with Crippen molar-refractivity contribution in [1.82, 2.24) is 0 Å². The van der Waals surface area contributed by atoms with Gasteiger partial charge in [-0.1, -0.05) is 11.1 Å². The van der Waals surface area contributed by atoms with Crippen LogP contribution < -0.4 is 32.8 Å². The zero-order valence-corrected chi connectivity index (χ0v) is 46.0. The van der Waals surface area contributed by atoms with Gasteiger partial charge in [0.2, 0.25) is 0 Å². The second-order valence-corrected chi connectivity index (χ2v) is 20.0. The highest BCUT2D eigenvalue weighted by atomic mass is 19.4. The van der Waals surface area contributed by atoms with Gasteiger partial charge in [0.1, 0.15) is 11.1 Å². The Bertz CT molecular complexity index is 3750. The summed E-state index contributed by atoms with van der Waals surface area (Å²) in [5.41, 5.74) is -35.9. The maximum absolute atomic E-state index is 14.7. The fraction of sp³-hybridized carbons (Fsp3) is 0.250. The normalized spacial score (nSPS) is 15.1. The molecule has 2 heterocycles. The Kier molecular flexibility index (Phi) is 20.4. The Labute approximate surface area is 510 Å². The van der Waals surface area contributed by atoms with Crippen molar-refractivity contribution in [3.8, 4) is 0 Å². The molecule has 0 amide bonds. The van der Waals surface area contributed by atoms with Crippen molar-refractivity contribution < 1.29 is 185 Å². The van der Waals surface area contributed by atoms with E-state index < -0.39 is 274 Å². The number of hydrogen-bond donors (Lipinski definition) is 0. The summed E-state index contributed by atoms with van der Waals surface area (Å²) in [6.07, 6.45) is -46.3. The van der Waals surface area contributed by atoms with Crippen LogP contribution >= 0.6 is 0 Å². The predicted octanol–water partition coefficient (Wildman–Crippen LogP) is 13.5. The van der Waals surface area contributed by atoms with E-state index in [0.29, 0.717) is 20.8 Å². The largest absolute Gasteiger partial charge is 0.473 e. The first kappa shape index (κ1) is 76.3. The second-order valence-electron chi connectivity index (χ2n) is 20.0. The predicted molar refractivity (Wildman–Crippen MR) is 256 cm³/mol. The molecule has 96 heavy (non-hydrogen) atoms. The molecule has 6 nitrogen and oxygen atoms in total. The zero-order valence-electron chi connectivity index (χ0n) is 46.0. The maximum Gasteiger partial charge on any atom is 0.473 e. The lowest BCUT2D eigenvalue weighted by molar-refractivity contribution is -0.144. The molecule has 0 unspecified atom stereocenters. The number of aryl methyl sites for hydroxylation is 3. The molecule has 2 saturated heterocycles. The van der Waals surface area contributed by atoms with Crippen molar-refractivity contribution in [3.05, 3.63) is 173 Å². The lowest BCUT2D eigenvalue weighted by Gasteiger charge is -2.36. The topological polar surface area (TPSA) is 55.4 Å². The molecule has 2 aliphatic rings. The fourth-order valence-electron chi connectivity index (χ4n) is 9.40. The molecule has 6 aromatic carbocycles. The van der Waals surface area contributed by atoms with Crippen LogP contribution in [0.4, 0.5) is 158 Å². The van der Waals surface area contributed by atoms with E-state index in [0.717, 1.165) is 6.92 Å². The first-order chi connectivity index (χ1) is 43.3. The van der Waals surface area contributed by atoms with Crippen LogP contribution in [0.3, 0.4) is 0 Å². The van der Waals surface area contributed by atoms with Gasteiger partial charge in [-0.15, -0.1) is 0 Å². The Morgan fingerprint density at radius 3 is 0.656 bits per heavy atom. The van der Waals surface area contributed by atoms with E-state index in [4.69, 9.17) is 13.7 Å². The van der Waals surface area contributed by atoms with Crippen molar-refractivity contribution in [1.29, 1.82) is 0 Å². The van der Waals surface area contributed by atoms with Crippen molar-refractivity contribution in [2.75, 3.05) is 0 Å². The van der Waals surface area contributed by atoms with Crippen LogP contribution in [0.2, 0.25) is 0 Å². The third kappa shape index (κ3) is 14.7. The smallest absolute Gasteiger partial charge is 0.445 e. The summed E-state index contributed by atoms with van der Waals surface area (Å²) < 4.78 is 532. The lowest BCUT2D eigenvalue weighted by Crippen LogP contribution is -2.64. The van der Waals surface area contributed by atoms with Crippen LogP contribution in [0, 0.1) is 97.5 Å². The molecular weight excluding hydrogens is 1420 g/mol. The van der Waals surface area contributed by atoms with Gasteiger partial charge in [0.15, 0.2) is 69.8 Å². The molecule has 2 fully saturated rings. The van der Waals surface area contributed by atoms with Gasteiger partial charge in [0.05, 0.1) is 49.8 Å². The van der Waals surface area contributed by atoms with Gasteiger partial charge < -0.3 is 27.4 Å². The van der Waals surface area contributed by atoms with E-state index in [1.165, 1.54) is 0 Å². The van der Waals surface area contributed by atoms with Gasteiger partial charge in [-0.2, -0.15) is 105 Å². The lowest BCUT2D eigenvalue weighted by atomic mass is 9.57. The minimum Gasteiger partial charge on any atom is -0.445 e. The molecule has 0 radical (unpaired) electrons. The highest BCUT2D eigenvalue weighted by molar-refractivity contribution is 6.88. The summed E-state index contributed by atoms with van der Waals surface area (Å²) in [5.74, 6) is -34.9. The van der Waals surface area contributed by atoms with Crippen molar-refractivity contribution in [2.45, 2.75) is 77.1 Å². The van der Waals surface area contributed by atoms with Crippen molar-refractivity contribution in [2.24, 2.45) is 0 Å². The Balaban J connectivity index is 0.000000273. The van der Waals surface area contributed by atoms with E-state index >= 15 is 0 Å². The SMILES string of the molecule is Cc1c(F)c(F)c(B2OB(c3c(F)c(F)c(C(F)(F)F)c(F)c3F)OB(c3c(F)c(F)c(C(F)(F)F)c(F)c3F)O2)c(F)c1F.Cc1cc(C(F)(F)F)c(B2OB(c3c(C)cc(C(F)(F)F)cc3C(F)(F)F)OB(c3c(C)cc(C(F)(F)F)cc3C(F)(F)F)O2)c(C(F)(F)F)c1. The quantitative estimate of drug-likeness (QED) is 0.0941. The second kappa shape index (κ2) is 25.7. The van der Waals surface area contributed by atoms with Gasteiger partial charge in [0.25, 0.3) is 0 Å². The molecule has 0 aromatic heterocycles. The van der Waals surface area contributed by atoms with Crippen LogP contribution in [-0.2, 0) is 76.8 Å². The number of halogens is 36. The summed E-state index contributed by atoms with van der Waals surface area (Å²) in [4.78, 5) is 0. The van der Waals surface area contributed by atoms with E-state index in [1.807, 2.05) is 0 Å². The molecule has 48 heteroatoms. The van der Waals surface area contributed by atoms with Crippen LogP contribution in [0.5, 0.6) is 0 Å². The van der Waals surface area contributed by atoms with Crippen LogP contribution in [0.15, 0.2) is 36.4 Å². The van der Waals surface area contributed by atoms with Gasteiger partial charge in [-0.05, 0) is 80.6 Å². The Morgan fingerprint density at radius 1 is 0.229 bits per heavy atom. The molecule has 0 N–H and O–H groups in total. The first-order valence-electron chi connectivity index (χ1n) is 24.8. The Morgan fingerprint density at radius 2 is 0.438 bits per heavy atom. The van der Waals surface area contributed by atoms with Crippen LogP contribution in [-0.4, -0.2) is 42.7 Å². The van der Waals surface area contributed by atoms with Crippen LogP contribution in [0.1, 0.15) is 66.8 Å². The molecule has 0 aliphatic carbocycles. The molecule has 516 valence electrons. The summed E-state index contributed by atoms with van der Waals surface area (Å²) in [6, 6.07) is -0.733. The van der Waals surface area contributed by atoms with Crippen LogP contribution in [0.25, 0.3) is 0 Å². The molecule has 2 aliphatic heterocycles. The maximum atomic E-state index is 14.7. The number of rotatable bonds is 6. The highest BCUT2D eigenvalue weighted by Gasteiger charge is 2.58. The average molecular weight is 1440 g/mol. The third-order valence-electron chi connectivity index (χ3n) is 13.6. The van der Waals surface area contributed by atoms with Gasteiger partial charge in [-0.3, -0.25) is 0 Å². The highest BCUT2D eigenvalue weighted by Crippen LogP contribution is 2.43. The Hall–Kier alpha value is -7.05. The van der Waals surface area contributed by atoms with E-state index in [1.54, 1.807) is 0 Å². The summed E-state index contributed by atoms with van der Waals surface area (Å²) in [6.45, 7) is 2.33. The van der Waals surface area contributed by atoms with E-state index in [2.05, 4.69) is 13.7 Å². The third-order valence-corrected chi connectivity index (χ3v) is 13.6. The minimum absolute atomic E-state index is 0.0510. The standard InChI is InChI=1S/C27H15B3F18O3.C21H3B3F18O3/c1-10-4-15(24(37,38)39)21(16(5-10)25(40,41)42)30-50-28(19-11(2)6-13(22(31,32)33)8-17(19)26(43,44)45)49-29(51-30)20-12(3)7-14(23(34,35)36)9-18(20)27(46,47)48;1-2-8(25)14(31)5(15(32)9(2)26)22-43-23(6-16(33)10(27)3(20(37,38)39)11(28)17(6)34)45-24(44-22)7-18(35)12(29)4(21(40,41)42)13(30)19(7)36/h4-9H,1-3H3;1H3. The summed E-state index contributed by atoms with van der Waals surface area (Å²) in [7, 11) is -19.9. The zero-order chi connectivity index (χ0) is 73.3. The summed E-state index contributed by atoms with van der Waals surface area (Å²) in [5, 5.41) is 0. The molecule has 6 aromatic rings. The van der Waals surface area contributed by atoms with E-state index in [9.17, 15) is 158 Å². The summed E-state index contributed by atoms with van der Waals surface area (Å²) >= 11 is 0. The van der Waals surface area contributed by atoms with Crippen molar-refractivity contribution >= 4 is 75.5 Å². The number of hydrogen-bond acceptors (Lipinski definition) is 6. The van der Waals surface area contributed by atoms with Gasteiger partial charge >= 0.3 is 92.1 Å². The van der Waals surface area contributed by atoms with E-state index in [-0.39, 0.29) is 24.3 Å². The van der Waals surface area contributed by atoms with Crippen molar-refractivity contribution in [3.63, 3.8) is 0 Å². The monoisotopic (exact) mass is 1440 g/mol. The number of alkyl halides is 24. The first-order valence-corrected chi connectivity index (χ1v) is 24.8.